The van der Waals surface area contributed by atoms with Gasteiger partial charge >= 0.3 is 0 Å². The Morgan fingerprint density at radius 3 is 2.65 bits per heavy atom. The maximum atomic E-state index is 11.7. The Morgan fingerprint density at radius 1 is 1.35 bits per heavy atom. The average molecular weight is 273 g/mol. The van der Waals surface area contributed by atoms with Crippen LogP contribution in [0.1, 0.15) is 18.9 Å². The fourth-order valence-corrected chi connectivity index (χ4v) is 1.55. The standard InChI is InChI=1S/C15H19N3O2/c1-2-8-17-11-13(10-16)15(20)18-9-7-12-3-5-14(19)6-4-12/h3-6,11,17,19H,2,7-9H2,1H3,(H,18,20)/b13-11-. The Hall–Kier alpha value is -2.48. The van der Waals surface area contributed by atoms with Crippen LogP contribution in [0.25, 0.3) is 0 Å². The average Bonchev–Trinajstić information content (AvgIpc) is 2.45. The Labute approximate surface area is 118 Å². The van der Waals surface area contributed by atoms with Gasteiger partial charge in [0, 0.05) is 19.3 Å². The van der Waals surface area contributed by atoms with Crippen molar-refractivity contribution < 1.29 is 9.90 Å². The minimum absolute atomic E-state index is 0.0733. The van der Waals surface area contributed by atoms with Gasteiger partial charge in [0.05, 0.1) is 0 Å². The number of rotatable bonds is 7. The van der Waals surface area contributed by atoms with E-state index in [2.05, 4.69) is 10.6 Å². The molecular weight excluding hydrogens is 254 g/mol. The largest absolute Gasteiger partial charge is 0.508 e. The molecule has 1 rings (SSSR count). The second-order valence-electron chi connectivity index (χ2n) is 4.30. The molecule has 0 saturated carbocycles. The van der Waals surface area contributed by atoms with Gasteiger partial charge in [0.2, 0.25) is 0 Å². The van der Waals surface area contributed by atoms with Gasteiger partial charge in [-0.25, -0.2) is 0 Å². The molecule has 0 bridgehead atoms. The summed E-state index contributed by atoms with van der Waals surface area (Å²) in [6, 6.07) is 8.67. The summed E-state index contributed by atoms with van der Waals surface area (Å²) >= 11 is 0. The highest BCUT2D eigenvalue weighted by atomic mass is 16.3. The zero-order chi connectivity index (χ0) is 14.8. The molecule has 20 heavy (non-hydrogen) atoms. The number of benzene rings is 1. The summed E-state index contributed by atoms with van der Waals surface area (Å²) in [5, 5.41) is 23.7. The summed E-state index contributed by atoms with van der Waals surface area (Å²) in [4.78, 5) is 11.7. The van der Waals surface area contributed by atoms with Crippen molar-refractivity contribution in [3.8, 4) is 11.8 Å². The van der Waals surface area contributed by atoms with Crippen LogP contribution < -0.4 is 10.6 Å². The van der Waals surface area contributed by atoms with Gasteiger partial charge < -0.3 is 15.7 Å². The lowest BCUT2D eigenvalue weighted by Gasteiger charge is -2.05. The lowest BCUT2D eigenvalue weighted by atomic mass is 10.1. The van der Waals surface area contributed by atoms with Crippen LogP contribution in [0.2, 0.25) is 0 Å². The van der Waals surface area contributed by atoms with E-state index in [1.807, 2.05) is 13.0 Å². The molecular formula is C15H19N3O2. The molecule has 0 unspecified atom stereocenters. The zero-order valence-electron chi connectivity index (χ0n) is 11.5. The molecule has 5 heteroatoms. The number of phenolic OH excluding ortho intramolecular Hbond substituents is 1. The summed E-state index contributed by atoms with van der Waals surface area (Å²) in [7, 11) is 0. The Kier molecular flexibility index (Phi) is 6.69. The lowest BCUT2D eigenvalue weighted by Crippen LogP contribution is -2.27. The van der Waals surface area contributed by atoms with E-state index in [0.717, 1.165) is 18.5 Å². The molecule has 0 atom stereocenters. The number of amides is 1. The van der Waals surface area contributed by atoms with Crippen LogP contribution in [-0.4, -0.2) is 24.1 Å². The molecule has 0 saturated heterocycles. The van der Waals surface area contributed by atoms with E-state index in [1.54, 1.807) is 24.3 Å². The van der Waals surface area contributed by atoms with E-state index < -0.39 is 0 Å². The summed E-state index contributed by atoms with van der Waals surface area (Å²) in [5.74, 6) is -0.163. The maximum absolute atomic E-state index is 11.7. The molecule has 0 aromatic heterocycles. The van der Waals surface area contributed by atoms with Gasteiger partial charge in [-0.15, -0.1) is 0 Å². The van der Waals surface area contributed by atoms with Crippen LogP contribution in [0.4, 0.5) is 0 Å². The third-order valence-corrected chi connectivity index (χ3v) is 2.64. The van der Waals surface area contributed by atoms with Crippen LogP contribution in [0, 0.1) is 11.3 Å². The topological polar surface area (TPSA) is 85.2 Å². The zero-order valence-corrected chi connectivity index (χ0v) is 11.5. The summed E-state index contributed by atoms with van der Waals surface area (Å²) in [5.41, 5.74) is 1.08. The highest BCUT2D eigenvalue weighted by Crippen LogP contribution is 2.09. The summed E-state index contributed by atoms with van der Waals surface area (Å²) < 4.78 is 0. The van der Waals surface area contributed by atoms with E-state index in [4.69, 9.17) is 10.4 Å². The maximum Gasteiger partial charge on any atom is 0.263 e. The van der Waals surface area contributed by atoms with Gasteiger partial charge in [0.25, 0.3) is 5.91 Å². The lowest BCUT2D eigenvalue weighted by molar-refractivity contribution is -0.117. The highest BCUT2D eigenvalue weighted by Gasteiger charge is 2.07. The molecule has 1 aromatic carbocycles. The molecule has 0 radical (unpaired) electrons. The molecule has 0 fully saturated rings. The summed E-state index contributed by atoms with van der Waals surface area (Å²) in [6.07, 6.45) is 3.02. The number of carbonyl (C=O) groups is 1. The van der Waals surface area contributed by atoms with E-state index in [9.17, 15) is 4.79 Å². The van der Waals surface area contributed by atoms with Gasteiger partial charge in [-0.2, -0.15) is 5.26 Å². The fraction of sp³-hybridized carbons (Fsp3) is 0.333. The van der Waals surface area contributed by atoms with E-state index in [0.29, 0.717) is 13.0 Å². The van der Waals surface area contributed by atoms with Gasteiger partial charge in [0.1, 0.15) is 17.4 Å². The fourth-order valence-electron chi connectivity index (χ4n) is 1.55. The van der Waals surface area contributed by atoms with Crippen molar-refractivity contribution in [3.63, 3.8) is 0 Å². The van der Waals surface area contributed by atoms with Crippen LogP contribution in [0.5, 0.6) is 5.75 Å². The monoisotopic (exact) mass is 273 g/mol. The van der Waals surface area contributed by atoms with Crippen LogP contribution in [0.15, 0.2) is 36.0 Å². The second kappa shape index (κ2) is 8.59. The number of nitrogens with one attached hydrogen (secondary N) is 2. The van der Waals surface area contributed by atoms with Crippen molar-refractivity contribution in [1.29, 1.82) is 5.26 Å². The van der Waals surface area contributed by atoms with Crippen molar-refractivity contribution in [2.75, 3.05) is 13.1 Å². The number of hydrogen-bond donors (Lipinski definition) is 3. The third kappa shape index (κ3) is 5.44. The first kappa shape index (κ1) is 15.6. The number of carbonyl (C=O) groups excluding carboxylic acids is 1. The van der Waals surface area contributed by atoms with Crippen molar-refractivity contribution in [2.24, 2.45) is 0 Å². The van der Waals surface area contributed by atoms with E-state index in [-0.39, 0.29) is 17.2 Å². The first-order valence-corrected chi connectivity index (χ1v) is 6.57. The Balaban J connectivity index is 2.40. The first-order valence-electron chi connectivity index (χ1n) is 6.57. The Bertz CT molecular complexity index is 501. The number of aromatic hydroxyl groups is 1. The molecule has 0 aliphatic rings. The smallest absolute Gasteiger partial charge is 0.263 e. The number of nitrogens with zero attached hydrogens (tertiary/aromatic N) is 1. The molecule has 0 aliphatic heterocycles. The van der Waals surface area contributed by atoms with E-state index >= 15 is 0 Å². The minimum atomic E-state index is -0.380. The molecule has 5 nitrogen and oxygen atoms in total. The molecule has 0 heterocycles. The van der Waals surface area contributed by atoms with E-state index in [1.165, 1.54) is 6.20 Å². The SMILES string of the molecule is CCCN/C=C(/C#N)C(=O)NCCc1ccc(O)cc1. The minimum Gasteiger partial charge on any atom is -0.508 e. The van der Waals surface area contributed by atoms with Crippen molar-refractivity contribution in [1.82, 2.24) is 10.6 Å². The molecule has 1 amide bonds. The molecule has 0 spiro atoms. The van der Waals surface area contributed by atoms with Crippen molar-refractivity contribution in [3.05, 3.63) is 41.6 Å². The second-order valence-corrected chi connectivity index (χ2v) is 4.30. The number of phenols is 1. The van der Waals surface area contributed by atoms with Crippen molar-refractivity contribution in [2.45, 2.75) is 19.8 Å². The molecule has 1 aromatic rings. The first-order chi connectivity index (χ1) is 9.67. The van der Waals surface area contributed by atoms with Crippen molar-refractivity contribution >= 4 is 5.91 Å². The molecule has 3 N–H and O–H groups in total. The van der Waals surface area contributed by atoms with Gasteiger partial charge in [-0.1, -0.05) is 19.1 Å². The van der Waals surface area contributed by atoms with Gasteiger partial charge in [-0.05, 0) is 30.5 Å². The highest BCUT2D eigenvalue weighted by molar-refractivity contribution is 5.97. The van der Waals surface area contributed by atoms with Gasteiger partial charge in [0.15, 0.2) is 0 Å². The van der Waals surface area contributed by atoms with Crippen LogP contribution in [0.3, 0.4) is 0 Å². The van der Waals surface area contributed by atoms with Gasteiger partial charge in [-0.3, -0.25) is 4.79 Å². The quantitative estimate of drug-likeness (QED) is 0.399. The molecule has 106 valence electrons. The third-order valence-electron chi connectivity index (χ3n) is 2.64. The predicted molar refractivity (Wildman–Crippen MR) is 76.8 cm³/mol. The summed E-state index contributed by atoms with van der Waals surface area (Å²) in [6.45, 7) is 3.17. The molecule has 0 aliphatic carbocycles. The Morgan fingerprint density at radius 2 is 2.05 bits per heavy atom. The van der Waals surface area contributed by atoms with Crippen LogP contribution in [-0.2, 0) is 11.2 Å². The predicted octanol–water partition coefficient (Wildman–Crippen LogP) is 1.46. The van der Waals surface area contributed by atoms with Crippen LogP contribution >= 0.6 is 0 Å². The number of hydrogen-bond acceptors (Lipinski definition) is 4. The number of nitriles is 1. The normalized spacial score (nSPS) is 10.7.